The SMILES string of the molecule is COc1cc(C)[nH]c(=O)c1CCC(=O)c1c(C)c(C(C)c2ccn(C)c(=O)c2)n2ncccc12. The summed E-state index contributed by atoms with van der Waals surface area (Å²) in [6, 6.07) is 8.95. The molecule has 0 radical (unpaired) electrons. The number of H-pyrrole nitrogens is 1. The Morgan fingerprint density at radius 1 is 1.21 bits per heavy atom. The van der Waals surface area contributed by atoms with Crippen molar-refractivity contribution in [2.24, 2.45) is 7.05 Å². The normalized spacial score (nSPS) is 12.1. The van der Waals surface area contributed by atoms with Gasteiger partial charge in [0.1, 0.15) is 5.75 Å². The molecule has 4 heterocycles. The van der Waals surface area contributed by atoms with E-state index in [2.05, 4.69) is 10.1 Å². The van der Waals surface area contributed by atoms with Crippen LogP contribution in [0.1, 0.15) is 57.7 Å². The van der Waals surface area contributed by atoms with Crippen molar-refractivity contribution in [2.45, 2.75) is 39.5 Å². The number of methoxy groups -OCH3 is 1. The minimum atomic E-state index is -0.246. The molecule has 0 amide bonds. The van der Waals surface area contributed by atoms with Crippen LogP contribution >= 0.6 is 0 Å². The summed E-state index contributed by atoms with van der Waals surface area (Å²) in [4.78, 5) is 40.9. The summed E-state index contributed by atoms with van der Waals surface area (Å²) in [5.74, 6) is 0.250. The van der Waals surface area contributed by atoms with Crippen LogP contribution < -0.4 is 15.9 Å². The summed E-state index contributed by atoms with van der Waals surface area (Å²) in [6.45, 7) is 5.70. The number of hydrogen-bond acceptors (Lipinski definition) is 5. The first kappa shape index (κ1) is 23.2. The fourth-order valence-electron chi connectivity index (χ4n) is 4.55. The number of aryl methyl sites for hydroxylation is 2. The van der Waals surface area contributed by atoms with Gasteiger partial charge in [0.2, 0.25) is 0 Å². The van der Waals surface area contributed by atoms with Gasteiger partial charge in [-0.25, -0.2) is 4.52 Å². The molecule has 1 atom stereocenters. The zero-order valence-corrected chi connectivity index (χ0v) is 20.0. The lowest BCUT2D eigenvalue weighted by Gasteiger charge is -2.14. The first-order valence-corrected chi connectivity index (χ1v) is 11.2. The van der Waals surface area contributed by atoms with Gasteiger partial charge in [0.25, 0.3) is 11.1 Å². The maximum absolute atomic E-state index is 13.5. The van der Waals surface area contributed by atoms with Crippen molar-refractivity contribution in [1.82, 2.24) is 19.2 Å². The molecule has 0 aliphatic carbocycles. The highest BCUT2D eigenvalue weighted by Gasteiger charge is 2.25. The van der Waals surface area contributed by atoms with Gasteiger partial charge in [0, 0.05) is 49.1 Å². The molecule has 1 unspecified atom stereocenters. The van der Waals surface area contributed by atoms with E-state index in [9.17, 15) is 14.4 Å². The van der Waals surface area contributed by atoms with Crippen LogP contribution in [-0.2, 0) is 13.5 Å². The predicted molar refractivity (Wildman–Crippen MR) is 130 cm³/mol. The van der Waals surface area contributed by atoms with Gasteiger partial charge in [-0.05, 0) is 55.7 Å². The molecule has 34 heavy (non-hydrogen) atoms. The number of nitrogens with one attached hydrogen (secondary N) is 1. The molecule has 176 valence electrons. The first-order valence-electron chi connectivity index (χ1n) is 11.2. The molecule has 0 aliphatic rings. The predicted octanol–water partition coefficient (Wildman–Crippen LogP) is 3.31. The second kappa shape index (κ2) is 9.13. The van der Waals surface area contributed by atoms with Crippen molar-refractivity contribution in [3.8, 4) is 5.75 Å². The average Bonchev–Trinajstić information content (AvgIpc) is 3.10. The number of fused-ring (bicyclic) bond motifs is 1. The summed E-state index contributed by atoms with van der Waals surface area (Å²) in [7, 11) is 3.22. The molecule has 0 spiro atoms. The van der Waals surface area contributed by atoms with Crippen molar-refractivity contribution >= 4 is 11.3 Å². The number of ether oxygens (including phenoxy) is 1. The van der Waals surface area contributed by atoms with Crippen LogP contribution in [0, 0.1) is 13.8 Å². The smallest absolute Gasteiger partial charge is 0.255 e. The average molecular weight is 461 g/mol. The molecular weight excluding hydrogens is 432 g/mol. The molecule has 0 aromatic carbocycles. The van der Waals surface area contributed by atoms with Crippen molar-refractivity contribution in [2.75, 3.05) is 7.11 Å². The number of nitrogens with zero attached hydrogens (tertiary/aromatic N) is 3. The molecular formula is C26H28N4O4. The number of pyridine rings is 2. The van der Waals surface area contributed by atoms with E-state index in [1.165, 1.54) is 11.7 Å². The van der Waals surface area contributed by atoms with E-state index in [4.69, 9.17) is 4.74 Å². The van der Waals surface area contributed by atoms with Gasteiger partial charge >= 0.3 is 0 Å². The number of carbonyl (C=O) groups excluding carboxylic acids is 1. The lowest BCUT2D eigenvalue weighted by molar-refractivity contribution is 0.0983. The molecule has 4 aromatic heterocycles. The van der Waals surface area contributed by atoms with Crippen molar-refractivity contribution in [1.29, 1.82) is 0 Å². The zero-order valence-electron chi connectivity index (χ0n) is 20.0. The Balaban J connectivity index is 1.74. The van der Waals surface area contributed by atoms with E-state index in [0.29, 0.717) is 28.1 Å². The van der Waals surface area contributed by atoms with E-state index in [0.717, 1.165) is 16.8 Å². The third-order valence-electron chi connectivity index (χ3n) is 6.36. The number of carbonyl (C=O) groups is 1. The van der Waals surface area contributed by atoms with Gasteiger partial charge in [-0.2, -0.15) is 5.10 Å². The van der Waals surface area contributed by atoms with Crippen LogP contribution in [0.3, 0.4) is 0 Å². The Kier molecular flexibility index (Phi) is 6.24. The van der Waals surface area contributed by atoms with Gasteiger partial charge in [-0.3, -0.25) is 14.4 Å². The van der Waals surface area contributed by atoms with Crippen LogP contribution in [0.15, 0.2) is 52.3 Å². The first-order chi connectivity index (χ1) is 16.2. The Labute approximate surface area is 196 Å². The number of ketones is 1. The lowest BCUT2D eigenvalue weighted by atomic mass is 9.93. The van der Waals surface area contributed by atoms with E-state index in [-0.39, 0.29) is 35.7 Å². The van der Waals surface area contributed by atoms with Gasteiger partial charge < -0.3 is 14.3 Å². The van der Waals surface area contributed by atoms with Crippen molar-refractivity contribution in [3.63, 3.8) is 0 Å². The quantitative estimate of drug-likeness (QED) is 0.427. The maximum atomic E-state index is 13.5. The van der Waals surface area contributed by atoms with Gasteiger partial charge in [0.15, 0.2) is 5.78 Å². The van der Waals surface area contributed by atoms with Gasteiger partial charge in [-0.1, -0.05) is 6.92 Å². The number of hydrogen-bond donors (Lipinski definition) is 1. The molecule has 0 saturated heterocycles. The topological polar surface area (TPSA) is 98.5 Å². The third-order valence-corrected chi connectivity index (χ3v) is 6.36. The molecule has 0 fully saturated rings. The van der Waals surface area contributed by atoms with Crippen molar-refractivity contribution in [3.05, 3.63) is 97.1 Å². The molecule has 1 N–H and O–H groups in total. The van der Waals surface area contributed by atoms with E-state index < -0.39 is 0 Å². The fraction of sp³-hybridized carbons (Fsp3) is 0.308. The van der Waals surface area contributed by atoms with E-state index >= 15 is 0 Å². The Morgan fingerprint density at radius 3 is 2.68 bits per heavy atom. The lowest BCUT2D eigenvalue weighted by Crippen LogP contribution is -2.17. The second-order valence-corrected chi connectivity index (χ2v) is 8.59. The Morgan fingerprint density at radius 2 is 1.97 bits per heavy atom. The summed E-state index contributed by atoms with van der Waals surface area (Å²) < 4.78 is 8.67. The third kappa shape index (κ3) is 4.07. The molecule has 8 heteroatoms. The zero-order chi connectivity index (χ0) is 24.6. The molecule has 0 saturated carbocycles. The molecule has 4 rings (SSSR count). The fourth-order valence-corrected chi connectivity index (χ4v) is 4.55. The summed E-state index contributed by atoms with van der Waals surface area (Å²) >= 11 is 0. The van der Waals surface area contributed by atoms with E-state index in [1.54, 1.807) is 49.1 Å². The molecule has 4 aromatic rings. The minimum absolute atomic E-state index is 0.0764. The van der Waals surface area contributed by atoms with E-state index in [1.807, 2.05) is 26.0 Å². The highest BCUT2D eigenvalue weighted by atomic mass is 16.5. The molecule has 0 bridgehead atoms. The number of rotatable bonds is 7. The minimum Gasteiger partial charge on any atom is -0.496 e. The van der Waals surface area contributed by atoms with Crippen LogP contribution in [0.5, 0.6) is 5.75 Å². The summed E-state index contributed by atoms with van der Waals surface area (Å²) in [5.41, 5.74) is 4.64. The van der Waals surface area contributed by atoms with Gasteiger partial charge in [0.05, 0.1) is 23.9 Å². The highest BCUT2D eigenvalue weighted by molar-refractivity contribution is 6.04. The van der Waals surface area contributed by atoms with Crippen LogP contribution in [0.4, 0.5) is 0 Å². The monoisotopic (exact) mass is 460 g/mol. The Bertz CT molecular complexity index is 1510. The summed E-state index contributed by atoms with van der Waals surface area (Å²) in [5, 5.41) is 4.51. The number of Topliss-reactive ketones (excluding diaryl/α,β-unsaturated/α-hetero) is 1. The maximum Gasteiger partial charge on any atom is 0.255 e. The largest absolute Gasteiger partial charge is 0.496 e. The van der Waals surface area contributed by atoms with Crippen molar-refractivity contribution < 1.29 is 9.53 Å². The van der Waals surface area contributed by atoms with Crippen LogP contribution in [-0.4, -0.2) is 32.1 Å². The van der Waals surface area contributed by atoms with Crippen LogP contribution in [0.25, 0.3) is 5.52 Å². The molecule has 8 nitrogen and oxygen atoms in total. The van der Waals surface area contributed by atoms with Gasteiger partial charge in [-0.15, -0.1) is 0 Å². The summed E-state index contributed by atoms with van der Waals surface area (Å²) in [6.07, 6.45) is 3.83. The highest BCUT2D eigenvalue weighted by Crippen LogP contribution is 2.32. The Hall–Kier alpha value is -3.94. The number of aromatic amines is 1. The van der Waals surface area contributed by atoms with Crippen LogP contribution in [0.2, 0.25) is 0 Å². The standard InChI is InChI=1S/C26H28N4O4/c1-15-13-22(34-5)19(26(33)28-15)8-9-21(31)24-17(3)25(30-20(24)7-6-11-27-30)16(2)18-10-12-29(4)23(32)14-18/h6-7,10-14,16H,8-9H2,1-5H3,(H,28,33). The second-order valence-electron chi connectivity index (χ2n) is 8.59. The molecule has 0 aliphatic heterocycles. The number of aromatic nitrogens is 4.